The van der Waals surface area contributed by atoms with Crippen LogP contribution in [0.2, 0.25) is 0 Å². The van der Waals surface area contributed by atoms with Gasteiger partial charge in [-0.2, -0.15) is 0 Å². The molecule has 1 aromatic rings. The topological polar surface area (TPSA) is 130 Å². The SMILES string of the molecule is Cc1ccc(/C=C2/SC(=S)N(CCC(=O)N[C@@H](CC(N)=O)C(=O)O)C2=O)cc1. The molecule has 1 aliphatic heterocycles. The highest BCUT2D eigenvalue weighted by Crippen LogP contribution is 2.32. The Morgan fingerprint density at radius 2 is 1.96 bits per heavy atom. The molecule has 8 nitrogen and oxygen atoms in total. The number of carboxylic acid groups (broad SMARTS) is 1. The largest absolute Gasteiger partial charge is 0.480 e. The van der Waals surface area contributed by atoms with Gasteiger partial charge in [0.1, 0.15) is 10.4 Å². The van der Waals surface area contributed by atoms with Gasteiger partial charge in [-0.1, -0.05) is 53.8 Å². The van der Waals surface area contributed by atoms with Gasteiger partial charge in [-0.15, -0.1) is 0 Å². The van der Waals surface area contributed by atoms with Crippen LogP contribution in [0.25, 0.3) is 6.08 Å². The first-order valence-electron chi connectivity index (χ1n) is 8.30. The van der Waals surface area contributed by atoms with E-state index in [1.807, 2.05) is 31.2 Å². The summed E-state index contributed by atoms with van der Waals surface area (Å²) in [6.07, 6.45) is 1.06. The molecule has 1 atom stereocenters. The summed E-state index contributed by atoms with van der Waals surface area (Å²) in [5.41, 5.74) is 6.94. The predicted molar refractivity (Wildman–Crippen MR) is 109 cm³/mol. The molecule has 0 aromatic heterocycles. The zero-order valence-corrected chi connectivity index (χ0v) is 16.6. The molecule has 1 aromatic carbocycles. The number of amides is 3. The van der Waals surface area contributed by atoms with Crippen LogP contribution in [0.5, 0.6) is 0 Å². The second-order valence-corrected chi connectivity index (χ2v) is 7.80. The van der Waals surface area contributed by atoms with E-state index in [1.165, 1.54) is 4.90 Å². The Morgan fingerprint density at radius 1 is 1.32 bits per heavy atom. The van der Waals surface area contributed by atoms with Gasteiger partial charge < -0.3 is 16.2 Å². The minimum absolute atomic E-state index is 0.00461. The van der Waals surface area contributed by atoms with E-state index in [0.29, 0.717) is 9.23 Å². The minimum Gasteiger partial charge on any atom is -0.480 e. The van der Waals surface area contributed by atoms with Crippen molar-refractivity contribution in [2.45, 2.75) is 25.8 Å². The number of nitrogens with one attached hydrogen (secondary N) is 1. The number of aryl methyl sites for hydroxylation is 1. The van der Waals surface area contributed by atoms with Crippen molar-refractivity contribution in [2.24, 2.45) is 5.73 Å². The summed E-state index contributed by atoms with van der Waals surface area (Å²) in [6, 6.07) is 6.24. The van der Waals surface area contributed by atoms with Crippen molar-refractivity contribution < 1.29 is 24.3 Å². The molecule has 0 aliphatic carbocycles. The average Bonchev–Trinajstić information content (AvgIpc) is 2.87. The Hall–Kier alpha value is -2.72. The van der Waals surface area contributed by atoms with Gasteiger partial charge in [-0.05, 0) is 18.6 Å². The first-order valence-corrected chi connectivity index (χ1v) is 9.52. The van der Waals surface area contributed by atoms with Gasteiger partial charge in [0.25, 0.3) is 5.91 Å². The summed E-state index contributed by atoms with van der Waals surface area (Å²) in [7, 11) is 0. The lowest BCUT2D eigenvalue weighted by molar-refractivity contribution is -0.143. The lowest BCUT2D eigenvalue weighted by Gasteiger charge is -2.16. The molecule has 1 aliphatic rings. The Labute approximate surface area is 171 Å². The van der Waals surface area contributed by atoms with Gasteiger partial charge in [0.05, 0.1) is 11.3 Å². The maximum absolute atomic E-state index is 12.5. The zero-order valence-electron chi connectivity index (χ0n) is 15.0. The number of carboxylic acids is 1. The molecule has 0 bridgehead atoms. The van der Waals surface area contributed by atoms with Gasteiger partial charge >= 0.3 is 5.97 Å². The fraction of sp³-hybridized carbons (Fsp3) is 0.278. The predicted octanol–water partition coefficient (Wildman–Crippen LogP) is 1.03. The monoisotopic (exact) mass is 421 g/mol. The first-order chi connectivity index (χ1) is 13.2. The van der Waals surface area contributed by atoms with Crippen molar-refractivity contribution in [1.29, 1.82) is 0 Å². The van der Waals surface area contributed by atoms with Crippen molar-refractivity contribution in [3.63, 3.8) is 0 Å². The zero-order chi connectivity index (χ0) is 20.8. The highest BCUT2D eigenvalue weighted by Gasteiger charge is 2.32. The van der Waals surface area contributed by atoms with Crippen LogP contribution in [0.15, 0.2) is 29.2 Å². The van der Waals surface area contributed by atoms with Gasteiger partial charge in [-0.3, -0.25) is 19.3 Å². The second kappa shape index (κ2) is 9.47. The molecule has 1 heterocycles. The van der Waals surface area contributed by atoms with E-state index in [2.05, 4.69) is 5.32 Å². The van der Waals surface area contributed by atoms with E-state index in [4.69, 9.17) is 23.1 Å². The Balaban J connectivity index is 1.97. The number of aliphatic carboxylic acids is 1. The number of carbonyl (C=O) groups excluding carboxylic acids is 3. The molecule has 1 fully saturated rings. The normalized spacial score (nSPS) is 16.3. The number of benzene rings is 1. The Kier molecular flexibility index (Phi) is 7.30. The lowest BCUT2D eigenvalue weighted by atomic mass is 10.1. The number of thiocarbonyl (C=S) groups is 1. The molecule has 10 heteroatoms. The molecule has 3 amide bonds. The van der Waals surface area contributed by atoms with Gasteiger partial charge in [0.2, 0.25) is 11.8 Å². The van der Waals surface area contributed by atoms with Crippen LogP contribution in [0.4, 0.5) is 0 Å². The number of rotatable bonds is 8. The van der Waals surface area contributed by atoms with E-state index < -0.39 is 30.2 Å². The van der Waals surface area contributed by atoms with Gasteiger partial charge in [0.15, 0.2) is 0 Å². The number of thioether (sulfide) groups is 1. The van der Waals surface area contributed by atoms with Crippen LogP contribution in [0.1, 0.15) is 24.0 Å². The summed E-state index contributed by atoms with van der Waals surface area (Å²) in [6.45, 7) is 1.97. The molecule has 4 N–H and O–H groups in total. The third kappa shape index (κ3) is 5.89. The Morgan fingerprint density at radius 3 is 2.54 bits per heavy atom. The van der Waals surface area contributed by atoms with Crippen LogP contribution in [-0.2, 0) is 19.2 Å². The molecular weight excluding hydrogens is 402 g/mol. The van der Waals surface area contributed by atoms with Crippen molar-refractivity contribution in [3.05, 3.63) is 40.3 Å². The molecule has 0 saturated carbocycles. The number of hydrogen-bond donors (Lipinski definition) is 3. The van der Waals surface area contributed by atoms with E-state index >= 15 is 0 Å². The first kappa shape index (κ1) is 21.6. The van der Waals surface area contributed by atoms with Gasteiger partial charge in [0, 0.05) is 13.0 Å². The summed E-state index contributed by atoms with van der Waals surface area (Å²) in [5.74, 6) is -3.13. The Bertz CT molecular complexity index is 851. The molecule has 0 spiro atoms. The number of nitrogens with zero attached hydrogens (tertiary/aromatic N) is 1. The number of nitrogens with two attached hydrogens (primary N) is 1. The lowest BCUT2D eigenvalue weighted by Crippen LogP contribution is -2.44. The maximum Gasteiger partial charge on any atom is 0.326 e. The van der Waals surface area contributed by atoms with Crippen molar-refractivity contribution in [3.8, 4) is 0 Å². The molecule has 1 saturated heterocycles. The summed E-state index contributed by atoms with van der Waals surface area (Å²) in [4.78, 5) is 48.2. The van der Waals surface area contributed by atoms with E-state index in [0.717, 1.165) is 22.9 Å². The minimum atomic E-state index is -1.40. The molecule has 2 rings (SSSR count). The van der Waals surface area contributed by atoms with Crippen LogP contribution in [0.3, 0.4) is 0 Å². The average molecular weight is 422 g/mol. The third-order valence-electron chi connectivity index (χ3n) is 3.85. The smallest absolute Gasteiger partial charge is 0.326 e. The fourth-order valence-electron chi connectivity index (χ4n) is 2.39. The van der Waals surface area contributed by atoms with Crippen LogP contribution >= 0.6 is 24.0 Å². The van der Waals surface area contributed by atoms with E-state index in [9.17, 15) is 19.2 Å². The highest BCUT2D eigenvalue weighted by atomic mass is 32.2. The van der Waals surface area contributed by atoms with E-state index in [1.54, 1.807) is 6.08 Å². The third-order valence-corrected chi connectivity index (χ3v) is 5.23. The standard InChI is InChI=1S/C18H19N3O5S2/c1-10-2-4-11(5-3-10)8-13-16(24)21(18(27)28-13)7-6-15(23)20-12(17(25)26)9-14(19)22/h2-5,8,12H,6-7,9H2,1H3,(H2,19,22)(H,20,23)(H,25,26)/b13-8+/t12-/m0/s1. The van der Waals surface area contributed by atoms with Crippen molar-refractivity contribution in [2.75, 3.05) is 6.54 Å². The van der Waals surface area contributed by atoms with Crippen LogP contribution < -0.4 is 11.1 Å². The van der Waals surface area contributed by atoms with Crippen molar-refractivity contribution in [1.82, 2.24) is 10.2 Å². The molecule has 0 radical (unpaired) electrons. The molecule has 28 heavy (non-hydrogen) atoms. The summed E-state index contributed by atoms with van der Waals surface area (Å²) >= 11 is 6.35. The fourth-order valence-corrected chi connectivity index (χ4v) is 3.70. The van der Waals surface area contributed by atoms with Gasteiger partial charge in [-0.25, -0.2) is 4.79 Å². The van der Waals surface area contributed by atoms with Crippen LogP contribution in [-0.4, -0.2) is 50.6 Å². The number of carbonyl (C=O) groups is 4. The summed E-state index contributed by atoms with van der Waals surface area (Å²) in [5, 5.41) is 11.2. The highest BCUT2D eigenvalue weighted by molar-refractivity contribution is 8.26. The molecular formula is C18H19N3O5S2. The van der Waals surface area contributed by atoms with E-state index in [-0.39, 0.29) is 18.9 Å². The van der Waals surface area contributed by atoms with Crippen LogP contribution in [0, 0.1) is 6.92 Å². The molecule has 148 valence electrons. The maximum atomic E-state index is 12.5. The molecule has 0 unspecified atom stereocenters. The quantitative estimate of drug-likeness (QED) is 0.422. The number of hydrogen-bond acceptors (Lipinski definition) is 6. The van der Waals surface area contributed by atoms with Crippen molar-refractivity contribution >= 4 is 58.1 Å². The second-order valence-electron chi connectivity index (χ2n) is 6.12. The number of primary amides is 1. The summed E-state index contributed by atoms with van der Waals surface area (Å²) < 4.78 is 0.322.